The van der Waals surface area contributed by atoms with Gasteiger partial charge in [0.2, 0.25) is 5.91 Å². The van der Waals surface area contributed by atoms with Gasteiger partial charge in [0, 0.05) is 22.9 Å². The molecule has 0 aliphatic rings. The Morgan fingerprint density at radius 1 is 1.25 bits per heavy atom. The van der Waals surface area contributed by atoms with Crippen molar-refractivity contribution in [1.29, 1.82) is 0 Å². The minimum atomic E-state index is -1.07. The van der Waals surface area contributed by atoms with Gasteiger partial charge in [-0.05, 0) is 55.9 Å². The van der Waals surface area contributed by atoms with Crippen LogP contribution < -0.4 is 10.9 Å². The van der Waals surface area contributed by atoms with Gasteiger partial charge in [0.25, 0.3) is 0 Å². The molecule has 152 valence electrons. The number of carboxylic acid groups (broad SMARTS) is 1. The van der Waals surface area contributed by atoms with E-state index in [4.69, 9.17) is 4.42 Å². The molecule has 0 unspecified atom stereocenters. The average molecular weight is 407 g/mol. The van der Waals surface area contributed by atoms with Gasteiger partial charge in [-0.25, -0.2) is 9.59 Å². The highest BCUT2D eigenvalue weighted by molar-refractivity contribution is 7.99. The SMILES string of the molecule is CCSCC[C@H](NC(=O)CCc1c(C)c2ccc(O)c(C)c2oc1=O)C(=O)O. The van der Waals surface area contributed by atoms with E-state index in [-0.39, 0.29) is 18.6 Å². The van der Waals surface area contributed by atoms with Crippen LogP contribution in [0.1, 0.15) is 36.5 Å². The predicted octanol–water partition coefficient (Wildman–Crippen LogP) is 2.76. The van der Waals surface area contributed by atoms with Gasteiger partial charge in [-0.1, -0.05) is 6.92 Å². The van der Waals surface area contributed by atoms with Gasteiger partial charge in [-0.15, -0.1) is 0 Å². The summed E-state index contributed by atoms with van der Waals surface area (Å²) in [6.45, 7) is 5.42. The summed E-state index contributed by atoms with van der Waals surface area (Å²) >= 11 is 1.61. The molecule has 1 heterocycles. The van der Waals surface area contributed by atoms with Crippen molar-refractivity contribution in [1.82, 2.24) is 5.32 Å². The Labute approximate surface area is 167 Å². The molecule has 2 rings (SSSR count). The van der Waals surface area contributed by atoms with Crippen LogP contribution in [0.4, 0.5) is 0 Å². The van der Waals surface area contributed by atoms with E-state index in [1.807, 2.05) is 6.92 Å². The first-order chi connectivity index (χ1) is 13.3. The molecule has 0 radical (unpaired) electrons. The normalized spacial score (nSPS) is 12.1. The number of carboxylic acids is 1. The van der Waals surface area contributed by atoms with Crippen molar-refractivity contribution in [2.75, 3.05) is 11.5 Å². The number of aliphatic carboxylic acids is 1. The molecule has 3 N–H and O–H groups in total. The van der Waals surface area contributed by atoms with Crippen LogP contribution in [0.5, 0.6) is 5.75 Å². The lowest BCUT2D eigenvalue weighted by Crippen LogP contribution is -2.41. The Hall–Kier alpha value is -2.48. The van der Waals surface area contributed by atoms with Gasteiger partial charge in [0.1, 0.15) is 17.4 Å². The number of benzene rings is 1. The zero-order chi connectivity index (χ0) is 20.8. The van der Waals surface area contributed by atoms with E-state index < -0.39 is 23.5 Å². The number of phenolic OH excluding ortho intramolecular Hbond substituents is 1. The molecule has 8 heteroatoms. The van der Waals surface area contributed by atoms with Gasteiger partial charge in [0.05, 0.1) is 0 Å². The minimum absolute atomic E-state index is 0.0150. The first-order valence-corrected chi connectivity index (χ1v) is 10.3. The number of hydrogen-bond acceptors (Lipinski definition) is 6. The fourth-order valence-corrected chi connectivity index (χ4v) is 3.67. The Balaban J connectivity index is 2.12. The summed E-state index contributed by atoms with van der Waals surface area (Å²) in [6, 6.07) is 2.27. The number of rotatable bonds is 9. The van der Waals surface area contributed by atoms with Crippen LogP contribution in [0.2, 0.25) is 0 Å². The number of nitrogens with one attached hydrogen (secondary N) is 1. The molecular formula is C20H25NO6S. The molecule has 0 fully saturated rings. The molecule has 0 saturated heterocycles. The maximum atomic E-state index is 12.4. The third kappa shape index (κ3) is 5.07. The van der Waals surface area contributed by atoms with Crippen molar-refractivity contribution in [3.63, 3.8) is 0 Å². The molecule has 0 aliphatic heterocycles. The summed E-state index contributed by atoms with van der Waals surface area (Å²) < 4.78 is 5.36. The summed E-state index contributed by atoms with van der Waals surface area (Å²) in [4.78, 5) is 35.9. The lowest BCUT2D eigenvalue weighted by Gasteiger charge is -2.14. The molecule has 0 bridgehead atoms. The van der Waals surface area contributed by atoms with Crippen molar-refractivity contribution in [2.45, 2.75) is 46.1 Å². The van der Waals surface area contributed by atoms with Gasteiger partial charge in [-0.2, -0.15) is 11.8 Å². The number of phenols is 1. The van der Waals surface area contributed by atoms with E-state index in [9.17, 15) is 24.6 Å². The van der Waals surface area contributed by atoms with E-state index in [0.717, 1.165) is 5.75 Å². The second-order valence-electron chi connectivity index (χ2n) is 6.52. The third-order valence-corrected chi connectivity index (χ3v) is 5.60. The molecule has 0 saturated carbocycles. The molecule has 7 nitrogen and oxygen atoms in total. The monoisotopic (exact) mass is 407 g/mol. The number of carbonyl (C=O) groups is 2. The standard InChI is InChI=1S/C20H25NO6S/c1-4-28-10-9-15(19(24)25)21-17(23)8-6-14-11(2)13-5-7-16(22)12(3)18(13)27-20(14)26/h5,7,15,22H,4,6,8-10H2,1-3H3,(H,21,23)(H,24,25)/t15-/m0/s1. The first-order valence-electron chi connectivity index (χ1n) is 9.11. The van der Waals surface area contributed by atoms with Crippen LogP contribution in [0.3, 0.4) is 0 Å². The zero-order valence-corrected chi connectivity index (χ0v) is 17.0. The van der Waals surface area contributed by atoms with E-state index in [1.165, 1.54) is 6.07 Å². The number of carbonyl (C=O) groups excluding carboxylic acids is 1. The van der Waals surface area contributed by atoms with Crippen molar-refractivity contribution in [3.05, 3.63) is 39.2 Å². The maximum Gasteiger partial charge on any atom is 0.339 e. The molecule has 1 amide bonds. The second kappa shape index (κ2) is 9.64. The lowest BCUT2D eigenvalue weighted by molar-refractivity contribution is -0.141. The molecule has 28 heavy (non-hydrogen) atoms. The highest BCUT2D eigenvalue weighted by atomic mass is 32.2. The molecule has 1 aromatic carbocycles. The van der Waals surface area contributed by atoms with Gasteiger partial charge in [-0.3, -0.25) is 4.79 Å². The van der Waals surface area contributed by atoms with Crippen molar-refractivity contribution in [2.24, 2.45) is 0 Å². The summed E-state index contributed by atoms with van der Waals surface area (Å²) in [5, 5.41) is 22.3. The van der Waals surface area contributed by atoms with E-state index in [0.29, 0.717) is 39.8 Å². The Morgan fingerprint density at radius 3 is 2.61 bits per heavy atom. The van der Waals surface area contributed by atoms with E-state index in [2.05, 4.69) is 5.32 Å². The summed E-state index contributed by atoms with van der Waals surface area (Å²) in [6.07, 6.45) is 0.476. The Kier molecular flexibility index (Phi) is 7.51. The van der Waals surface area contributed by atoms with Crippen molar-refractivity contribution in [3.8, 4) is 5.75 Å². The van der Waals surface area contributed by atoms with E-state index >= 15 is 0 Å². The molecule has 2 aromatic rings. The molecule has 0 aliphatic carbocycles. The maximum absolute atomic E-state index is 12.4. The summed E-state index contributed by atoms with van der Waals surface area (Å²) in [7, 11) is 0. The van der Waals surface area contributed by atoms with Crippen LogP contribution in [0, 0.1) is 13.8 Å². The highest BCUT2D eigenvalue weighted by Crippen LogP contribution is 2.28. The molecular weight excluding hydrogens is 382 g/mol. The number of amides is 1. The zero-order valence-electron chi connectivity index (χ0n) is 16.2. The molecule has 1 aromatic heterocycles. The number of hydrogen-bond donors (Lipinski definition) is 3. The van der Waals surface area contributed by atoms with Crippen LogP contribution in [0.15, 0.2) is 21.3 Å². The lowest BCUT2D eigenvalue weighted by atomic mass is 10.00. The predicted molar refractivity (Wildman–Crippen MR) is 109 cm³/mol. The Morgan fingerprint density at radius 2 is 1.96 bits per heavy atom. The fraction of sp³-hybridized carbons (Fsp3) is 0.450. The minimum Gasteiger partial charge on any atom is -0.508 e. The average Bonchev–Trinajstić information content (AvgIpc) is 2.64. The van der Waals surface area contributed by atoms with Gasteiger partial charge >= 0.3 is 11.6 Å². The van der Waals surface area contributed by atoms with Crippen LogP contribution in [-0.4, -0.2) is 39.6 Å². The van der Waals surface area contributed by atoms with Crippen molar-refractivity contribution >= 4 is 34.6 Å². The second-order valence-corrected chi connectivity index (χ2v) is 7.92. The quantitative estimate of drug-likeness (QED) is 0.432. The Bertz CT molecular complexity index is 936. The van der Waals surface area contributed by atoms with Gasteiger partial charge in [0.15, 0.2) is 0 Å². The molecule has 1 atom stereocenters. The number of aromatic hydroxyl groups is 1. The van der Waals surface area contributed by atoms with Crippen LogP contribution in [-0.2, 0) is 16.0 Å². The number of thioether (sulfide) groups is 1. The summed E-state index contributed by atoms with van der Waals surface area (Å²) in [5.74, 6) is 0.0848. The van der Waals surface area contributed by atoms with Crippen LogP contribution >= 0.6 is 11.8 Å². The molecule has 0 spiro atoms. The van der Waals surface area contributed by atoms with Crippen molar-refractivity contribution < 1.29 is 24.2 Å². The smallest absolute Gasteiger partial charge is 0.339 e. The number of fused-ring (bicyclic) bond motifs is 1. The van der Waals surface area contributed by atoms with Gasteiger partial charge < -0.3 is 19.9 Å². The fourth-order valence-electron chi connectivity index (χ4n) is 2.98. The largest absolute Gasteiger partial charge is 0.508 e. The van der Waals surface area contributed by atoms with E-state index in [1.54, 1.807) is 31.7 Å². The first kappa shape index (κ1) is 21.8. The van der Waals surface area contributed by atoms with Crippen LogP contribution in [0.25, 0.3) is 11.0 Å². The summed E-state index contributed by atoms with van der Waals surface area (Å²) in [5.41, 5.74) is 1.32. The topological polar surface area (TPSA) is 117 Å². The third-order valence-electron chi connectivity index (χ3n) is 4.67. The number of aryl methyl sites for hydroxylation is 2. The highest BCUT2D eigenvalue weighted by Gasteiger charge is 2.20.